The lowest BCUT2D eigenvalue weighted by Crippen LogP contribution is -2.35. The molecular weight excluding hydrogens is 180 g/mol. The predicted octanol–water partition coefficient (Wildman–Crippen LogP) is 1.84. The minimum absolute atomic E-state index is 0.0642. The van der Waals surface area contributed by atoms with Crippen LogP contribution in [0.15, 0.2) is 24.8 Å². The third-order valence-electron chi connectivity index (χ3n) is 2.07. The molecule has 1 rings (SSSR count). The Morgan fingerprint density at radius 3 is 2.86 bits per heavy atom. The summed E-state index contributed by atoms with van der Waals surface area (Å²) in [7, 11) is 0. The number of carbonyl (C=O) groups excluding carboxylic acids is 1. The Hall–Kier alpha value is -1.09. The van der Waals surface area contributed by atoms with Crippen LogP contribution in [0.25, 0.3) is 0 Å². The van der Waals surface area contributed by atoms with Gasteiger partial charge in [0.1, 0.15) is 6.10 Å². The SMILES string of the molecule is C=CC[C@@H]1C=C[C@@H](OC(C)=O)[C@H](C)O1. The first-order valence-electron chi connectivity index (χ1n) is 4.75. The normalized spacial score (nSPS) is 31.1. The molecule has 3 heteroatoms. The Balaban J connectivity index is 2.53. The van der Waals surface area contributed by atoms with Gasteiger partial charge in [0.25, 0.3) is 0 Å². The Morgan fingerprint density at radius 1 is 1.64 bits per heavy atom. The van der Waals surface area contributed by atoms with Gasteiger partial charge in [0, 0.05) is 6.92 Å². The molecule has 1 aliphatic rings. The molecule has 1 heterocycles. The molecule has 3 atom stereocenters. The van der Waals surface area contributed by atoms with Crippen molar-refractivity contribution in [1.29, 1.82) is 0 Å². The maximum absolute atomic E-state index is 10.7. The van der Waals surface area contributed by atoms with Crippen LogP contribution in [0.1, 0.15) is 20.3 Å². The van der Waals surface area contributed by atoms with Crippen molar-refractivity contribution in [3.05, 3.63) is 24.8 Å². The summed E-state index contributed by atoms with van der Waals surface area (Å²) in [5.41, 5.74) is 0. The van der Waals surface area contributed by atoms with Gasteiger partial charge < -0.3 is 9.47 Å². The molecule has 0 aliphatic carbocycles. The number of rotatable bonds is 3. The van der Waals surface area contributed by atoms with E-state index in [2.05, 4.69) is 6.58 Å². The van der Waals surface area contributed by atoms with Gasteiger partial charge in [0.2, 0.25) is 0 Å². The van der Waals surface area contributed by atoms with Gasteiger partial charge in [-0.15, -0.1) is 6.58 Å². The number of hydrogen-bond donors (Lipinski definition) is 0. The average molecular weight is 196 g/mol. The third kappa shape index (κ3) is 3.00. The molecule has 78 valence electrons. The highest BCUT2D eigenvalue weighted by Gasteiger charge is 2.24. The summed E-state index contributed by atoms with van der Waals surface area (Å²) in [4.78, 5) is 10.7. The van der Waals surface area contributed by atoms with Crippen LogP contribution in [-0.4, -0.2) is 24.3 Å². The third-order valence-corrected chi connectivity index (χ3v) is 2.07. The summed E-state index contributed by atoms with van der Waals surface area (Å²) >= 11 is 0. The fourth-order valence-electron chi connectivity index (χ4n) is 1.41. The first-order valence-corrected chi connectivity index (χ1v) is 4.75. The van der Waals surface area contributed by atoms with Gasteiger partial charge in [-0.1, -0.05) is 12.2 Å². The minimum atomic E-state index is -0.280. The summed E-state index contributed by atoms with van der Waals surface area (Å²) in [6, 6.07) is 0. The van der Waals surface area contributed by atoms with E-state index in [1.165, 1.54) is 6.92 Å². The maximum Gasteiger partial charge on any atom is 0.303 e. The smallest absolute Gasteiger partial charge is 0.303 e. The van der Waals surface area contributed by atoms with Crippen molar-refractivity contribution in [2.75, 3.05) is 0 Å². The lowest BCUT2D eigenvalue weighted by atomic mass is 10.1. The predicted molar refractivity (Wildman–Crippen MR) is 53.8 cm³/mol. The second-order valence-corrected chi connectivity index (χ2v) is 3.36. The van der Waals surface area contributed by atoms with Gasteiger partial charge in [-0.25, -0.2) is 0 Å². The topological polar surface area (TPSA) is 35.5 Å². The second kappa shape index (κ2) is 4.96. The van der Waals surface area contributed by atoms with Gasteiger partial charge in [0.15, 0.2) is 0 Å². The maximum atomic E-state index is 10.7. The van der Waals surface area contributed by atoms with Crippen molar-refractivity contribution < 1.29 is 14.3 Å². The molecule has 0 saturated carbocycles. The molecule has 0 unspecified atom stereocenters. The highest BCUT2D eigenvalue weighted by molar-refractivity contribution is 5.66. The molecule has 0 radical (unpaired) electrons. The van der Waals surface area contributed by atoms with Crippen LogP contribution >= 0.6 is 0 Å². The van der Waals surface area contributed by atoms with Crippen molar-refractivity contribution >= 4 is 5.97 Å². The molecular formula is C11H16O3. The van der Waals surface area contributed by atoms with Crippen LogP contribution in [0.4, 0.5) is 0 Å². The number of hydrogen-bond acceptors (Lipinski definition) is 3. The van der Waals surface area contributed by atoms with Crippen molar-refractivity contribution in [2.24, 2.45) is 0 Å². The highest BCUT2D eigenvalue weighted by Crippen LogP contribution is 2.17. The van der Waals surface area contributed by atoms with Crippen molar-refractivity contribution in [1.82, 2.24) is 0 Å². The van der Waals surface area contributed by atoms with Gasteiger partial charge >= 0.3 is 5.97 Å². The van der Waals surface area contributed by atoms with E-state index >= 15 is 0 Å². The van der Waals surface area contributed by atoms with Crippen LogP contribution in [0.3, 0.4) is 0 Å². The standard InChI is InChI=1S/C11H16O3/c1-4-5-10-6-7-11(8(2)13-10)14-9(3)12/h4,6-8,10-11H,1,5H2,2-3H3/t8-,10+,11+/m0/s1. The van der Waals surface area contributed by atoms with Crippen molar-refractivity contribution in [2.45, 2.75) is 38.6 Å². The molecule has 14 heavy (non-hydrogen) atoms. The van der Waals surface area contributed by atoms with E-state index in [1.807, 2.05) is 25.2 Å². The average Bonchev–Trinajstić information content (AvgIpc) is 2.10. The van der Waals surface area contributed by atoms with Crippen LogP contribution in [-0.2, 0) is 14.3 Å². The van der Waals surface area contributed by atoms with Crippen LogP contribution < -0.4 is 0 Å². The Bertz CT molecular complexity index is 245. The molecule has 0 spiro atoms. The minimum Gasteiger partial charge on any atom is -0.456 e. The Morgan fingerprint density at radius 2 is 2.36 bits per heavy atom. The number of carbonyl (C=O) groups is 1. The lowest BCUT2D eigenvalue weighted by Gasteiger charge is -2.28. The van der Waals surface area contributed by atoms with Crippen LogP contribution in [0, 0.1) is 0 Å². The molecule has 0 amide bonds. The Kier molecular flexibility index (Phi) is 3.89. The van der Waals surface area contributed by atoms with E-state index < -0.39 is 0 Å². The molecule has 3 nitrogen and oxygen atoms in total. The summed E-state index contributed by atoms with van der Waals surface area (Å²) in [5.74, 6) is -0.280. The van der Waals surface area contributed by atoms with E-state index in [9.17, 15) is 4.79 Å². The van der Waals surface area contributed by atoms with Gasteiger partial charge in [0.05, 0.1) is 12.2 Å². The largest absolute Gasteiger partial charge is 0.456 e. The number of esters is 1. The van der Waals surface area contributed by atoms with Crippen molar-refractivity contribution in [3.8, 4) is 0 Å². The molecule has 0 saturated heterocycles. The summed E-state index contributed by atoms with van der Waals surface area (Å²) in [6.07, 6.45) is 6.11. The number of ether oxygens (including phenoxy) is 2. The summed E-state index contributed by atoms with van der Waals surface area (Å²) in [5, 5.41) is 0. The van der Waals surface area contributed by atoms with Crippen LogP contribution in [0.2, 0.25) is 0 Å². The zero-order chi connectivity index (χ0) is 10.6. The molecule has 0 fully saturated rings. The quantitative estimate of drug-likeness (QED) is 0.510. The molecule has 0 aromatic rings. The summed E-state index contributed by atoms with van der Waals surface area (Å²) in [6.45, 7) is 6.94. The summed E-state index contributed by atoms with van der Waals surface area (Å²) < 4.78 is 10.7. The molecule has 0 N–H and O–H groups in total. The van der Waals surface area contributed by atoms with E-state index in [0.29, 0.717) is 0 Å². The monoisotopic (exact) mass is 196 g/mol. The van der Waals surface area contributed by atoms with Crippen molar-refractivity contribution in [3.63, 3.8) is 0 Å². The fourth-order valence-corrected chi connectivity index (χ4v) is 1.41. The first-order chi connectivity index (χ1) is 6.63. The Labute approximate surface area is 84.4 Å². The highest BCUT2D eigenvalue weighted by atomic mass is 16.6. The van der Waals surface area contributed by atoms with E-state index in [0.717, 1.165) is 6.42 Å². The molecule has 0 bridgehead atoms. The fraction of sp³-hybridized carbons (Fsp3) is 0.545. The van der Waals surface area contributed by atoms with E-state index in [-0.39, 0.29) is 24.3 Å². The molecule has 1 aliphatic heterocycles. The van der Waals surface area contributed by atoms with E-state index in [4.69, 9.17) is 9.47 Å². The van der Waals surface area contributed by atoms with E-state index in [1.54, 1.807) is 0 Å². The zero-order valence-electron chi connectivity index (χ0n) is 8.60. The van der Waals surface area contributed by atoms with Gasteiger partial charge in [-0.2, -0.15) is 0 Å². The molecule has 0 aromatic heterocycles. The first kappa shape index (κ1) is 11.0. The lowest BCUT2D eigenvalue weighted by molar-refractivity contribution is -0.153. The van der Waals surface area contributed by atoms with Gasteiger partial charge in [-0.3, -0.25) is 4.79 Å². The zero-order valence-corrected chi connectivity index (χ0v) is 8.60. The van der Waals surface area contributed by atoms with Crippen LogP contribution in [0.5, 0.6) is 0 Å². The molecule has 0 aromatic carbocycles. The second-order valence-electron chi connectivity index (χ2n) is 3.36. The van der Waals surface area contributed by atoms with Gasteiger partial charge in [-0.05, 0) is 19.4 Å².